The summed E-state index contributed by atoms with van der Waals surface area (Å²) in [5, 5.41) is 64.8. The number of aliphatic hydroxyl groups is 6. The Labute approximate surface area is 266 Å². The minimum absolute atomic E-state index is 0.0424. The van der Waals surface area contributed by atoms with E-state index in [1.807, 2.05) is 32.9 Å². The minimum Gasteiger partial charge on any atom is -0.393 e. The molecule has 5 rings (SSSR count). The van der Waals surface area contributed by atoms with Crippen molar-refractivity contribution in [3.63, 3.8) is 0 Å². The summed E-state index contributed by atoms with van der Waals surface area (Å²) in [6.45, 7) is 9.84. The van der Waals surface area contributed by atoms with Crippen LogP contribution in [0.1, 0.15) is 79.6 Å². The molecule has 0 radical (unpaired) electrons. The van der Waals surface area contributed by atoms with Gasteiger partial charge in [0.05, 0.1) is 36.6 Å². The van der Waals surface area contributed by atoms with Crippen molar-refractivity contribution in [1.82, 2.24) is 0 Å². The average molecular weight is 663 g/mol. The maximum Gasteiger partial charge on any atom is 0.397 e. The van der Waals surface area contributed by atoms with Crippen molar-refractivity contribution in [1.29, 1.82) is 0 Å². The predicted octanol–water partition coefficient (Wildman–Crippen LogP) is 1.56. The molecule has 13 heteroatoms. The number of hydrogen-bond acceptors (Lipinski definition) is 11. The molecule has 4 saturated carbocycles. The van der Waals surface area contributed by atoms with Crippen molar-refractivity contribution in [3.8, 4) is 0 Å². The zero-order valence-electron chi connectivity index (χ0n) is 27.0. The number of rotatable bonds is 8. The van der Waals surface area contributed by atoms with E-state index in [0.717, 1.165) is 0 Å². The molecule has 0 aromatic carbocycles. The molecule has 0 amide bonds. The van der Waals surface area contributed by atoms with Gasteiger partial charge in [0, 0.05) is 12.3 Å². The van der Waals surface area contributed by atoms with Gasteiger partial charge in [-0.15, -0.1) is 0 Å². The molecule has 45 heavy (non-hydrogen) atoms. The lowest BCUT2D eigenvalue weighted by Gasteiger charge is -2.66. The monoisotopic (exact) mass is 662 g/mol. The molecule has 260 valence electrons. The molecular formula is C32H54O12S. The average Bonchev–Trinajstić information content (AvgIpc) is 3.23. The van der Waals surface area contributed by atoms with E-state index in [1.54, 1.807) is 0 Å². The van der Waals surface area contributed by atoms with E-state index in [1.165, 1.54) is 0 Å². The second-order valence-corrected chi connectivity index (χ2v) is 16.7. The molecule has 0 aromatic rings. The van der Waals surface area contributed by atoms with E-state index in [0.29, 0.717) is 32.1 Å². The van der Waals surface area contributed by atoms with Crippen LogP contribution < -0.4 is 0 Å². The summed E-state index contributed by atoms with van der Waals surface area (Å²) >= 11 is 0. The van der Waals surface area contributed by atoms with Crippen LogP contribution in [-0.2, 0) is 24.1 Å². The quantitative estimate of drug-likeness (QED) is 0.146. The van der Waals surface area contributed by atoms with Gasteiger partial charge in [0.1, 0.15) is 18.3 Å². The highest BCUT2D eigenvalue weighted by atomic mass is 32.3. The van der Waals surface area contributed by atoms with Gasteiger partial charge in [0.15, 0.2) is 6.29 Å². The summed E-state index contributed by atoms with van der Waals surface area (Å²) in [5.74, 6) is -1.45. The van der Waals surface area contributed by atoms with Crippen molar-refractivity contribution in [3.05, 3.63) is 12.2 Å². The SMILES string of the molecule is CC(C)[C@H](/C=C/[C@@H](C)[C@H]1CC(OS(=O)(=O)O)C2[C@]3(O)C[C@@H](O)C4C[C@@H](O)CC[C@]4(C)C3CC[C@@]21C)OC1OCC(O)C(O)C1O. The van der Waals surface area contributed by atoms with Crippen LogP contribution >= 0.6 is 0 Å². The first kappa shape index (κ1) is 35.6. The van der Waals surface area contributed by atoms with Gasteiger partial charge in [0.2, 0.25) is 0 Å². The Bertz CT molecular complexity index is 1200. The normalized spacial score (nSPS) is 50.2. The summed E-state index contributed by atoms with van der Waals surface area (Å²) in [4.78, 5) is 0. The Balaban J connectivity index is 1.42. The van der Waals surface area contributed by atoms with Gasteiger partial charge in [-0.1, -0.05) is 46.8 Å². The molecule has 12 nitrogen and oxygen atoms in total. The molecule has 0 bridgehead atoms. The van der Waals surface area contributed by atoms with Crippen LogP contribution in [0.3, 0.4) is 0 Å². The maximum atomic E-state index is 12.7. The van der Waals surface area contributed by atoms with E-state index in [9.17, 15) is 43.6 Å². The van der Waals surface area contributed by atoms with Crippen molar-refractivity contribution in [2.75, 3.05) is 6.61 Å². The molecule has 1 saturated heterocycles. The third-order valence-electron chi connectivity index (χ3n) is 12.6. The van der Waals surface area contributed by atoms with Gasteiger partial charge >= 0.3 is 10.4 Å². The molecule has 8 unspecified atom stereocenters. The highest BCUT2D eigenvalue weighted by Gasteiger charge is 2.71. The summed E-state index contributed by atoms with van der Waals surface area (Å²) in [7, 11) is -4.85. The summed E-state index contributed by atoms with van der Waals surface area (Å²) in [5.41, 5.74) is -2.49. The second kappa shape index (κ2) is 12.6. The van der Waals surface area contributed by atoms with Crippen molar-refractivity contribution in [2.24, 2.45) is 46.3 Å². The zero-order valence-corrected chi connectivity index (χ0v) is 27.8. The standard InChI is InChI=1S/C32H54O12S/c1-16(2)23(43-29-27(37)26(36)22(35)15-42-29)7-6-17(3)19-13-24(44-45(39,40)41)28-31(19,5)11-9-25-30(4)10-8-18(33)12-20(30)21(34)14-32(25,28)38/h6-7,16-29,33-38H,8-15H2,1-5H3,(H,39,40,41)/b7-6+/t17-,18+,19-,20?,21-,22?,23+,24?,25?,26?,27?,28?,29?,30+,31-,32+/m1/s1. The van der Waals surface area contributed by atoms with Gasteiger partial charge in [-0.3, -0.25) is 4.55 Å². The van der Waals surface area contributed by atoms with E-state index in [4.69, 9.17) is 13.7 Å². The van der Waals surface area contributed by atoms with Crippen molar-refractivity contribution in [2.45, 2.75) is 134 Å². The Kier molecular flexibility index (Phi) is 9.99. The number of ether oxygens (including phenoxy) is 2. The largest absolute Gasteiger partial charge is 0.397 e. The lowest BCUT2D eigenvalue weighted by Crippen LogP contribution is -2.68. The van der Waals surface area contributed by atoms with Crippen LogP contribution in [0.15, 0.2) is 12.2 Å². The first-order valence-corrected chi connectivity index (χ1v) is 17.9. The summed E-state index contributed by atoms with van der Waals surface area (Å²) < 4.78 is 50.9. The topological polar surface area (TPSA) is 203 Å². The molecule has 1 heterocycles. The van der Waals surface area contributed by atoms with E-state index < -0.39 is 81.8 Å². The smallest absolute Gasteiger partial charge is 0.393 e. The molecular weight excluding hydrogens is 608 g/mol. The van der Waals surface area contributed by atoms with Crippen LogP contribution in [0.2, 0.25) is 0 Å². The highest BCUT2D eigenvalue weighted by Crippen LogP contribution is 2.70. The van der Waals surface area contributed by atoms with E-state index in [2.05, 4.69) is 13.8 Å². The summed E-state index contributed by atoms with van der Waals surface area (Å²) in [6.07, 6.45) is -0.890. The Morgan fingerprint density at radius 3 is 2.22 bits per heavy atom. The fourth-order valence-electron chi connectivity index (χ4n) is 10.5. The lowest BCUT2D eigenvalue weighted by atomic mass is 9.42. The molecule has 0 aromatic heterocycles. The molecule has 4 aliphatic carbocycles. The number of hydrogen-bond donors (Lipinski definition) is 7. The first-order chi connectivity index (χ1) is 20.8. The maximum absolute atomic E-state index is 12.7. The van der Waals surface area contributed by atoms with E-state index >= 15 is 0 Å². The van der Waals surface area contributed by atoms with Crippen LogP contribution in [0.4, 0.5) is 0 Å². The van der Waals surface area contributed by atoms with Crippen LogP contribution in [0.5, 0.6) is 0 Å². The third kappa shape index (κ3) is 6.41. The summed E-state index contributed by atoms with van der Waals surface area (Å²) in [6, 6.07) is 0. The van der Waals surface area contributed by atoms with Gasteiger partial charge in [-0.2, -0.15) is 8.42 Å². The molecule has 1 aliphatic heterocycles. The van der Waals surface area contributed by atoms with Gasteiger partial charge < -0.3 is 40.1 Å². The third-order valence-corrected chi connectivity index (χ3v) is 13.1. The minimum atomic E-state index is -4.85. The Morgan fingerprint density at radius 1 is 0.911 bits per heavy atom. The second-order valence-electron chi connectivity index (χ2n) is 15.6. The first-order valence-electron chi connectivity index (χ1n) is 16.6. The fourth-order valence-corrected chi connectivity index (χ4v) is 11.0. The van der Waals surface area contributed by atoms with Gasteiger partial charge in [-0.25, -0.2) is 4.18 Å². The van der Waals surface area contributed by atoms with Crippen molar-refractivity contribution >= 4 is 10.4 Å². The molecule has 5 aliphatic rings. The number of aliphatic hydroxyl groups excluding tert-OH is 5. The fraction of sp³-hybridized carbons (Fsp3) is 0.938. The van der Waals surface area contributed by atoms with Crippen LogP contribution in [0, 0.1) is 46.3 Å². The van der Waals surface area contributed by atoms with Gasteiger partial charge in [-0.05, 0) is 78.9 Å². The zero-order chi connectivity index (χ0) is 33.3. The van der Waals surface area contributed by atoms with Crippen LogP contribution in [0.25, 0.3) is 0 Å². The Hall–Kier alpha value is -0.710. The molecule has 0 spiro atoms. The van der Waals surface area contributed by atoms with Crippen molar-refractivity contribution < 1.29 is 57.3 Å². The molecule has 7 N–H and O–H groups in total. The predicted molar refractivity (Wildman–Crippen MR) is 162 cm³/mol. The molecule has 5 fully saturated rings. The highest BCUT2D eigenvalue weighted by molar-refractivity contribution is 7.80. The lowest BCUT2D eigenvalue weighted by molar-refractivity contribution is -0.280. The number of allylic oxidation sites excluding steroid dienone is 1. The van der Waals surface area contributed by atoms with E-state index in [-0.39, 0.29) is 49.0 Å². The number of fused-ring (bicyclic) bond motifs is 5. The van der Waals surface area contributed by atoms with Crippen LogP contribution in [-0.4, -0.2) is 105 Å². The Morgan fingerprint density at radius 2 is 1.58 bits per heavy atom. The van der Waals surface area contributed by atoms with Gasteiger partial charge in [0.25, 0.3) is 0 Å². The molecule has 16 atom stereocenters.